The molecule has 1 aliphatic heterocycles. The van der Waals surface area contributed by atoms with Crippen molar-refractivity contribution in [3.8, 4) is 5.75 Å². The summed E-state index contributed by atoms with van der Waals surface area (Å²) in [6, 6.07) is 4.19. The van der Waals surface area contributed by atoms with E-state index in [0.29, 0.717) is 24.5 Å². The summed E-state index contributed by atoms with van der Waals surface area (Å²) in [7, 11) is 1.51. The highest BCUT2D eigenvalue weighted by Gasteiger charge is 2.38. The van der Waals surface area contributed by atoms with Crippen LogP contribution in [0.25, 0.3) is 0 Å². The number of halogens is 1. The molecule has 4 heteroatoms. The molecule has 1 N–H and O–H groups in total. The SMILES string of the molecule is COc1ccc(F)cc1C(C)(O)C1CCOC1. The molecule has 1 aromatic carbocycles. The van der Waals surface area contributed by atoms with Gasteiger partial charge in [0.2, 0.25) is 0 Å². The summed E-state index contributed by atoms with van der Waals surface area (Å²) in [6.45, 7) is 2.81. The van der Waals surface area contributed by atoms with Crippen LogP contribution in [0.1, 0.15) is 18.9 Å². The number of methoxy groups -OCH3 is 1. The summed E-state index contributed by atoms with van der Waals surface area (Å²) in [6.07, 6.45) is 0.771. The second kappa shape index (κ2) is 4.63. The van der Waals surface area contributed by atoms with Crippen LogP contribution >= 0.6 is 0 Å². The van der Waals surface area contributed by atoms with Crippen molar-refractivity contribution in [2.75, 3.05) is 20.3 Å². The van der Waals surface area contributed by atoms with Crippen LogP contribution in [-0.2, 0) is 10.3 Å². The van der Waals surface area contributed by atoms with Crippen LogP contribution in [0.15, 0.2) is 18.2 Å². The molecule has 94 valence electrons. The molecule has 0 bridgehead atoms. The van der Waals surface area contributed by atoms with E-state index in [4.69, 9.17) is 9.47 Å². The summed E-state index contributed by atoms with van der Waals surface area (Å²) in [4.78, 5) is 0. The van der Waals surface area contributed by atoms with Crippen molar-refractivity contribution < 1.29 is 19.0 Å². The fraction of sp³-hybridized carbons (Fsp3) is 0.538. The van der Waals surface area contributed by atoms with Crippen molar-refractivity contribution in [1.82, 2.24) is 0 Å². The molecule has 0 spiro atoms. The Balaban J connectivity index is 2.39. The molecule has 1 fully saturated rings. The van der Waals surface area contributed by atoms with E-state index in [2.05, 4.69) is 0 Å². The average molecular weight is 240 g/mol. The Morgan fingerprint density at radius 1 is 1.53 bits per heavy atom. The summed E-state index contributed by atoms with van der Waals surface area (Å²) >= 11 is 0. The third-order valence-electron chi connectivity index (χ3n) is 3.43. The molecule has 1 heterocycles. The highest BCUT2D eigenvalue weighted by molar-refractivity contribution is 5.38. The van der Waals surface area contributed by atoms with Gasteiger partial charge in [-0.15, -0.1) is 0 Å². The van der Waals surface area contributed by atoms with Crippen LogP contribution < -0.4 is 4.74 Å². The molecule has 0 aliphatic carbocycles. The first-order chi connectivity index (χ1) is 8.05. The molecule has 1 saturated heterocycles. The Bertz CT molecular complexity index is 398. The molecule has 17 heavy (non-hydrogen) atoms. The zero-order valence-corrected chi connectivity index (χ0v) is 10.1. The zero-order chi connectivity index (χ0) is 12.5. The van der Waals surface area contributed by atoms with Crippen LogP contribution in [0.5, 0.6) is 5.75 Å². The van der Waals surface area contributed by atoms with E-state index in [9.17, 15) is 9.50 Å². The van der Waals surface area contributed by atoms with Gasteiger partial charge in [0, 0.05) is 18.1 Å². The monoisotopic (exact) mass is 240 g/mol. The molecule has 0 amide bonds. The molecule has 0 aromatic heterocycles. The van der Waals surface area contributed by atoms with Crippen LogP contribution in [-0.4, -0.2) is 25.4 Å². The fourth-order valence-electron chi connectivity index (χ4n) is 2.27. The maximum Gasteiger partial charge on any atom is 0.125 e. The molecule has 1 aliphatic rings. The Kier molecular flexibility index (Phi) is 3.35. The molecule has 2 rings (SSSR count). The molecule has 0 saturated carbocycles. The number of aliphatic hydroxyl groups is 1. The molecular weight excluding hydrogens is 223 g/mol. The molecule has 3 nitrogen and oxygen atoms in total. The second-order valence-corrected chi connectivity index (χ2v) is 4.55. The number of ether oxygens (including phenoxy) is 2. The number of hydrogen-bond donors (Lipinski definition) is 1. The normalized spacial score (nSPS) is 23.4. The minimum atomic E-state index is -1.13. The molecule has 0 radical (unpaired) electrons. The van der Waals surface area contributed by atoms with Crippen LogP contribution in [0.4, 0.5) is 4.39 Å². The Morgan fingerprint density at radius 3 is 2.88 bits per heavy atom. The van der Waals surface area contributed by atoms with Gasteiger partial charge in [-0.3, -0.25) is 0 Å². The van der Waals surface area contributed by atoms with Crippen molar-refractivity contribution >= 4 is 0 Å². The summed E-state index contributed by atoms with van der Waals surface area (Å²) in [5.41, 5.74) is -0.653. The largest absolute Gasteiger partial charge is 0.496 e. The van der Waals surface area contributed by atoms with E-state index in [1.54, 1.807) is 6.92 Å². The van der Waals surface area contributed by atoms with E-state index in [0.717, 1.165) is 6.42 Å². The van der Waals surface area contributed by atoms with Crippen molar-refractivity contribution in [2.24, 2.45) is 5.92 Å². The van der Waals surface area contributed by atoms with E-state index in [1.807, 2.05) is 0 Å². The fourth-order valence-corrected chi connectivity index (χ4v) is 2.27. The van der Waals surface area contributed by atoms with Gasteiger partial charge in [-0.1, -0.05) is 0 Å². The zero-order valence-electron chi connectivity index (χ0n) is 10.1. The first-order valence-electron chi connectivity index (χ1n) is 5.70. The minimum Gasteiger partial charge on any atom is -0.496 e. The van der Waals surface area contributed by atoms with Crippen LogP contribution in [0, 0.1) is 11.7 Å². The van der Waals surface area contributed by atoms with Gasteiger partial charge in [-0.05, 0) is 31.5 Å². The van der Waals surface area contributed by atoms with Gasteiger partial charge >= 0.3 is 0 Å². The molecular formula is C13H17FO3. The summed E-state index contributed by atoms with van der Waals surface area (Å²) < 4.78 is 23.8. The lowest BCUT2D eigenvalue weighted by molar-refractivity contribution is -0.0117. The lowest BCUT2D eigenvalue weighted by atomic mass is 9.82. The number of benzene rings is 1. The van der Waals surface area contributed by atoms with E-state index >= 15 is 0 Å². The van der Waals surface area contributed by atoms with Gasteiger partial charge in [-0.25, -0.2) is 4.39 Å². The third-order valence-corrected chi connectivity index (χ3v) is 3.43. The summed E-state index contributed by atoms with van der Waals surface area (Å²) in [5, 5.41) is 10.6. The van der Waals surface area contributed by atoms with Gasteiger partial charge in [-0.2, -0.15) is 0 Å². The Morgan fingerprint density at radius 2 is 2.29 bits per heavy atom. The average Bonchev–Trinajstić information content (AvgIpc) is 2.83. The van der Waals surface area contributed by atoms with E-state index in [1.165, 1.54) is 25.3 Å². The van der Waals surface area contributed by atoms with E-state index in [-0.39, 0.29) is 11.7 Å². The summed E-state index contributed by atoms with van der Waals surface area (Å²) in [5.74, 6) is 0.0986. The topological polar surface area (TPSA) is 38.7 Å². The molecule has 2 atom stereocenters. The highest BCUT2D eigenvalue weighted by atomic mass is 19.1. The van der Waals surface area contributed by atoms with E-state index < -0.39 is 5.60 Å². The molecule has 1 aromatic rings. The lowest BCUT2D eigenvalue weighted by Crippen LogP contribution is -2.32. The lowest BCUT2D eigenvalue weighted by Gasteiger charge is -2.30. The second-order valence-electron chi connectivity index (χ2n) is 4.55. The number of hydrogen-bond acceptors (Lipinski definition) is 3. The number of rotatable bonds is 3. The maximum atomic E-state index is 13.3. The van der Waals surface area contributed by atoms with Crippen molar-refractivity contribution in [1.29, 1.82) is 0 Å². The predicted octanol–water partition coefficient (Wildman–Crippen LogP) is 2.08. The van der Waals surface area contributed by atoms with Crippen molar-refractivity contribution in [3.63, 3.8) is 0 Å². The van der Waals surface area contributed by atoms with Gasteiger partial charge in [0.25, 0.3) is 0 Å². The van der Waals surface area contributed by atoms with Crippen molar-refractivity contribution in [2.45, 2.75) is 18.9 Å². The van der Waals surface area contributed by atoms with Gasteiger partial charge in [0.15, 0.2) is 0 Å². The van der Waals surface area contributed by atoms with Gasteiger partial charge in [0.05, 0.1) is 19.3 Å². The van der Waals surface area contributed by atoms with Gasteiger partial charge < -0.3 is 14.6 Å². The maximum absolute atomic E-state index is 13.3. The van der Waals surface area contributed by atoms with Crippen LogP contribution in [0.3, 0.4) is 0 Å². The standard InChI is InChI=1S/C13H17FO3/c1-13(15,9-5-6-17-8-9)11-7-10(14)3-4-12(11)16-2/h3-4,7,9,15H,5-6,8H2,1-2H3. The first-order valence-corrected chi connectivity index (χ1v) is 5.70. The quantitative estimate of drug-likeness (QED) is 0.879. The minimum absolute atomic E-state index is 0.0294. The smallest absolute Gasteiger partial charge is 0.125 e. The van der Waals surface area contributed by atoms with Crippen molar-refractivity contribution in [3.05, 3.63) is 29.6 Å². The van der Waals surface area contributed by atoms with Gasteiger partial charge in [0.1, 0.15) is 11.6 Å². The predicted molar refractivity (Wildman–Crippen MR) is 61.4 cm³/mol. The highest BCUT2D eigenvalue weighted by Crippen LogP contribution is 2.39. The first kappa shape index (κ1) is 12.3. The Hall–Kier alpha value is -1.13. The third kappa shape index (κ3) is 2.28. The van der Waals surface area contributed by atoms with Crippen LogP contribution in [0.2, 0.25) is 0 Å². The molecule has 2 unspecified atom stereocenters. The Labute approximate surface area is 100 Å².